The van der Waals surface area contributed by atoms with Gasteiger partial charge in [0, 0.05) is 38.4 Å². The average molecular weight is 410 g/mol. The Morgan fingerprint density at radius 1 is 1.28 bits per heavy atom. The van der Waals surface area contributed by atoms with Gasteiger partial charge in [-0.3, -0.25) is 4.79 Å². The summed E-state index contributed by atoms with van der Waals surface area (Å²) in [5, 5.41) is 3.32. The number of aromatic nitrogens is 2. The van der Waals surface area contributed by atoms with Crippen molar-refractivity contribution in [2.45, 2.75) is 33.4 Å². The van der Waals surface area contributed by atoms with E-state index in [1.54, 1.807) is 11.3 Å². The molecule has 1 N–H and O–H groups in total. The van der Waals surface area contributed by atoms with Crippen LogP contribution < -0.4 is 10.2 Å². The van der Waals surface area contributed by atoms with Crippen LogP contribution in [0.25, 0.3) is 10.2 Å². The summed E-state index contributed by atoms with van der Waals surface area (Å²) >= 11 is 1.64. The van der Waals surface area contributed by atoms with Crippen molar-refractivity contribution in [1.29, 1.82) is 0 Å². The lowest BCUT2D eigenvalue weighted by molar-refractivity contribution is -0.132. The number of thiazole rings is 1. The fourth-order valence-corrected chi connectivity index (χ4v) is 4.85. The molecule has 1 atom stereocenters. The minimum absolute atomic E-state index is 0.155. The maximum Gasteiger partial charge on any atom is 0.236 e. The lowest BCUT2D eigenvalue weighted by Gasteiger charge is -2.41. The molecule has 0 saturated carbocycles. The zero-order valence-electron chi connectivity index (χ0n) is 17.2. The van der Waals surface area contributed by atoms with Crippen molar-refractivity contribution in [1.82, 2.24) is 20.2 Å². The molecule has 4 rings (SSSR count). The number of fused-ring (bicyclic) bond motifs is 1. The molecule has 0 unspecified atom stereocenters. The zero-order chi connectivity index (χ0) is 20.4. The van der Waals surface area contributed by atoms with Gasteiger partial charge in [-0.25, -0.2) is 9.97 Å². The van der Waals surface area contributed by atoms with Crippen molar-refractivity contribution >= 4 is 33.3 Å². The van der Waals surface area contributed by atoms with Crippen molar-refractivity contribution in [2.75, 3.05) is 31.1 Å². The van der Waals surface area contributed by atoms with Gasteiger partial charge in [-0.2, -0.15) is 0 Å². The summed E-state index contributed by atoms with van der Waals surface area (Å²) in [6, 6.07) is 8.45. The third-order valence-electron chi connectivity index (χ3n) is 5.46. The number of amides is 1. The molecule has 1 aromatic carbocycles. The molecular weight excluding hydrogens is 382 g/mol. The van der Waals surface area contributed by atoms with Gasteiger partial charge in [0.1, 0.15) is 5.82 Å². The van der Waals surface area contributed by atoms with E-state index in [1.807, 2.05) is 28.7 Å². The van der Waals surface area contributed by atoms with E-state index in [2.05, 4.69) is 53.1 Å². The molecule has 1 saturated heterocycles. The highest BCUT2D eigenvalue weighted by atomic mass is 32.1. The minimum Gasteiger partial charge on any atom is -0.353 e. The summed E-state index contributed by atoms with van der Waals surface area (Å²) in [4.78, 5) is 26.0. The smallest absolute Gasteiger partial charge is 0.236 e. The number of carbonyl (C=O) groups excluding carboxylic acids is 1. The predicted octanol–water partition coefficient (Wildman–Crippen LogP) is 3.14. The summed E-state index contributed by atoms with van der Waals surface area (Å²) < 4.78 is 1.19. The fraction of sp³-hybridized carbons (Fsp3) is 0.409. The number of benzene rings is 1. The number of hydrogen-bond acceptors (Lipinski definition) is 6. The molecule has 7 heteroatoms. The van der Waals surface area contributed by atoms with E-state index in [-0.39, 0.29) is 11.9 Å². The van der Waals surface area contributed by atoms with Gasteiger partial charge in [0.25, 0.3) is 0 Å². The van der Waals surface area contributed by atoms with Crippen LogP contribution in [0.2, 0.25) is 0 Å². The highest BCUT2D eigenvalue weighted by molar-refractivity contribution is 7.16. The normalized spacial score (nSPS) is 17.1. The molecule has 0 spiro atoms. The molecule has 29 heavy (non-hydrogen) atoms. The number of pyridine rings is 1. The van der Waals surface area contributed by atoms with Crippen molar-refractivity contribution in [3.05, 3.63) is 52.7 Å². The number of hydrogen-bond donors (Lipinski definition) is 1. The number of anilines is 1. The van der Waals surface area contributed by atoms with Gasteiger partial charge in [-0.1, -0.05) is 18.2 Å². The molecule has 3 heterocycles. The van der Waals surface area contributed by atoms with Crippen LogP contribution in [0.5, 0.6) is 0 Å². The lowest BCUT2D eigenvalue weighted by atomic mass is 10.1. The molecule has 0 aliphatic carbocycles. The number of nitrogens with zero attached hydrogens (tertiary/aromatic N) is 4. The molecule has 152 valence electrons. The number of aryl methyl sites for hydroxylation is 2. The van der Waals surface area contributed by atoms with E-state index in [0.717, 1.165) is 31.0 Å². The van der Waals surface area contributed by atoms with Crippen molar-refractivity contribution in [3.8, 4) is 0 Å². The Bertz CT molecular complexity index is 1020. The van der Waals surface area contributed by atoms with Crippen LogP contribution in [0.15, 0.2) is 36.0 Å². The fourth-order valence-electron chi connectivity index (χ4n) is 4.05. The Morgan fingerprint density at radius 3 is 2.93 bits per heavy atom. The van der Waals surface area contributed by atoms with Crippen LogP contribution in [0.1, 0.15) is 23.6 Å². The summed E-state index contributed by atoms with van der Waals surface area (Å²) in [6.07, 6.45) is 1.91. The standard InChI is InChI=1S/C22H27N5OS/c1-15-9-16(2)22(24-10-15)26-7-8-27(17(3)13-26)20(28)12-23-11-18-5-4-6-19-21(18)29-14-25-19/h4-6,9-10,14,17,23H,7-8,11-13H2,1-3H3/t17-/m0/s1. The maximum atomic E-state index is 12.8. The summed E-state index contributed by atoms with van der Waals surface area (Å²) in [5.41, 5.74) is 6.44. The van der Waals surface area contributed by atoms with Gasteiger partial charge >= 0.3 is 0 Å². The van der Waals surface area contributed by atoms with E-state index < -0.39 is 0 Å². The molecule has 0 radical (unpaired) electrons. The van der Waals surface area contributed by atoms with Gasteiger partial charge in [-0.05, 0) is 43.5 Å². The number of rotatable bonds is 5. The number of carbonyl (C=O) groups is 1. The molecule has 0 bridgehead atoms. The van der Waals surface area contributed by atoms with Crippen LogP contribution in [-0.4, -0.2) is 53.0 Å². The molecule has 1 aliphatic heterocycles. The van der Waals surface area contributed by atoms with E-state index in [9.17, 15) is 4.79 Å². The quantitative estimate of drug-likeness (QED) is 0.702. The molecular formula is C22H27N5OS. The second-order valence-electron chi connectivity index (χ2n) is 7.76. The van der Waals surface area contributed by atoms with Crippen molar-refractivity contribution in [3.63, 3.8) is 0 Å². The second-order valence-corrected chi connectivity index (χ2v) is 8.61. The van der Waals surface area contributed by atoms with Crippen LogP contribution in [-0.2, 0) is 11.3 Å². The molecule has 1 fully saturated rings. The first-order valence-electron chi connectivity index (χ1n) is 10.0. The third-order valence-corrected chi connectivity index (χ3v) is 6.38. The van der Waals surface area contributed by atoms with E-state index in [0.29, 0.717) is 13.1 Å². The maximum absolute atomic E-state index is 12.8. The first kappa shape index (κ1) is 19.8. The Hall–Kier alpha value is -2.51. The molecule has 1 aliphatic rings. The summed E-state index contributed by atoms with van der Waals surface area (Å²) in [7, 11) is 0. The van der Waals surface area contributed by atoms with Crippen molar-refractivity contribution < 1.29 is 4.79 Å². The van der Waals surface area contributed by atoms with Gasteiger partial charge in [-0.15, -0.1) is 11.3 Å². The Morgan fingerprint density at radius 2 is 2.14 bits per heavy atom. The van der Waals surface area contributed by atoms with Gasteiger partial charge in [0.05, 0.1) is 22.3 Å². The SMILES string of the molecule is Cc1cnc(N2CCN(C(=O)CNCc3cccc4ncsc34)[C@@H](C)C2)c(C)c1. The number of piperazine rings is 1. The minimum atomic E-state index is 0.155. The molecule has 6 nitrogen and oxygen atoms in total. The third kappa shape index (κ3) is 4.26. The van der Waals surface area contributed by atoms with E-state index in [1.165, 1.54) is 21.4 Å². The largest absolute Gasteiger partial charge is 0.353 e. The van der Waals surface area contributed by atoms with Crippen molar-refractivity contribution in [2.24, 2.45) is 0 Å². The average Bonchev–Trinajstić information content (AvgIpc) is 3.17. The van der Waals surface area contributed by atoms with Gasteiger partial charge in [0.2, 0.25) is 5.91 Å². The Kier molecular flexibility index (Phi) is 5.78. The highest BCUT2D eigenvalue weighted by Gasteiger charge is 2.28. The van der Waals surface area contributed by atoms with Gasteiger partial charge in [0.15, 0.2) is 0 Å². The van der Waals surface area contributed by atoms with Gasteiger partial charge < -0.3 is 15.1 Å². The van der Waals surface area contributed by atoms with E-state index >= 15 is 0 Å². The first-order chi connectivity index (χ1) is 14.0. The monoisotopic (exact) mass is 409 g/mol. The van der Waals surface area contributed by atoms with Crippen LogP contribution in [0.3, 0.4) is 0 Å². The molecule has 3 aromatic rings. The predicted molar refractivity (Wildman–Crippen MR) is 118 cm³/mol. The molecule has 2 aromatic heterocycles. The zero-order valence-corrected chi connectivity index (χ0v) is 18.0. The highest BCUT2D eigenvalue weighted by Crippen LogP contribution is 2.23. The summed E-state index contributed by atoms with van der Waals surface area (Å²) in [6.45, 7) is 9.65. The summed E-state index contributed by atoms with van der Waals surface area (Å²) in [5.74, 6) is 1.19. The van der Waals surface area contributed by atoms with E-state index in [4.69, 9.17) is 0 Å². The Labute approximate surface area is 175 Å². The Balaban J connectivity index is 1.32. The lowest BCUT2D eigenvalue weighted by Crippen LogP contribution is -2.56. The number of nitrogens with one attached hydrogen (secondary N) is 1. The second kappa shape index (κ2) is 8.47. The topological polar surface area (TPSA) is 61.4 Å². The molecule has 1 amide bonds. The van der Waals surface area contributed by atoms with Crippen LogP contribution >= 0.6 is 11.3 Å². The van der Waals surface area contributed by atoms with Crippen LogP contribution in [0, 0.1) is 13.8 Å². The van der Waals surface area contributed by atoms with Crippen LogP contribution in [0.4, 0.5) is 5.82 Å². The first-order valence-corrected chi connectivity index (χ1v) is 10.9.